The number of carbonyl (C=O) groups is 1. The summed E-state index contributed by atoms with van der Waals surface area (Å²) in [6.07, 6.45) is 3.42. The van der Waals surface area contributed by atoms with Crippen molar-refractivity contribution in [2.75, 3.05) is 21.3 Å². The van der Waals surface area contributed by atoms with E-state index in [0.29, 0.717) is 12.1 Å². The van der Waals surface area contributed by atoms with Crippen LogP contribution >= 0.6 is 11.6 Å². The molecule has 0 aliphatic heterocycles. The third kappa shape index (κ3) is 4.72. The normalized spacial score (nSPS) is 12.6. The molecule has 0 radical (unpaired) electrons. The van der Waals surface area contributed by atoms with Gasteiger partial charge < -0.3 is 14.2 Å². The van der Waals surface area contributed by atoms with E-state index in [2.05, 4.69) is 14.8 Å². The summed E-state index contributed by atoms with van der Waals surface area (Å²) in [6.45, 7) is 0.386. The number of halogens is 1. The molecule has 2 aromatic heterocycles. The topological polar surface area (TPSA) is 128 Å². The molecule has 0 fully saturated rings. The lowest BCUT2D eigenvalue weighted by Crippen LogP contribution is -2.31. The third-order valence-electron chi connectivity index (χ3n) is 4.23. The van der Waals surface area contributed by atoms with Gasteiger partial charge in [0.15, 0.2) is 20.6 Å². The number of carbonyl (C=O) groups excluding carboxylic acids is 1. The van der Waals surface area contributed by atoms with Gasteiger partial charge in [0, 0.05) is 18.0 Å². The first-order valence-electron chi connectivity index (χ1n) is 8.83. The Kier molecular flexibility index (Phi) is 6.66. The molecule has 10 nitrogen and oxygen atoms in total. The maximum atomic E-state index is 13.2. The van der Waals surface area contributed by atoms with E-state index in [-0.39, 0.29) is 33.0 Å². The number of rotatable bonds is 8. The fourth-order valence-electron chi connectivity index (χ4n) is 2.84. The first kappa shape index (κ1) is 22.4. The van der Waals surface area contributed by atoms with E-state index in [4.69, 9.17) is 30.6 Å². The number of aromatic nitrogens is 3. The summed E-state index contributed by atoms with van der Waals surface area (Å²) in [5.41, 5.74) is 0.605. The minimum atomic E-state index is -3.92. The number of nitrogens with one attached hydrogen (secondary N) is 2. The van der Waals surface area contributed by atoms with Gasteiger partial charge in [-0.05, 0) is 30.3 Å². The van der Waals surface area contributed by atoms with Gasteiger partial charge in [-0.2, -0.15) is 5.10 Å². The quantitative estimate of drug-likeness (QED) is 0.523. The molecule has 0 bridgehead atoms. The largest absolute Gasteiger partial charge is 0.495 e. The van der Waals surface area contributed by atoms with Crippen molar-refractivity contribution >= 4 is 27.4 Å². The van der Waals surface area contributed by atoms with Crippen LogP contribution in [-0.2, 0) is 16.5 Å². The zero-order chi connectivity index (χ0) is 22.6. The Morgan fingerprint density at radius 2 is 1.97 bits per heavy atom. The molecule has 2 N–H and O–H groups in total. The van der Waals surface area contributed by atoms with Crippen molar-refractivity contribution in [2.45, 2.75) is 11.4 Å². The number of pyridine rings is 1. The lowest BCUT2D eigenvalue weighted by atomic mass is 10.2. The molecule has 1 aromatic carbocycles. The second kappa shape index (κ2) is 9.23. The Morgan fingerprint density at radius 3 is 2.58 bits per heavy atom. The number of amides is 1. The molecular weight excluding hydrogens is 446 g/mol. The fraction of sp³-hybridized carbons (Fsp3) is 0.211. The van der Waals surface area contributed by atoms with Gasteiger partial charge >= 0.3 is 0 Å². The zero-order valence-electron chi connectivity index (χ0n) is 16.9. The standard InChI is InChI=1S/C19H20ClN5O5S/c1-28-15-8-6-13(20)16(29-2)17(15)31(21,27)24-18(26)14-7-5-12(19(23-14)30-3)11-25-10-4-9-22-25/h4-10H,11H2,1-3H3,(H2,21,24,26,27)/t31-/m0/s1. The monoisotopic (exact) mass is 465 g/mol. The SMILES string of the molecule is COc1ccc(Cl)c(OC)c1[S@@](=N)(=O)NC(=O)c1ccc(Cn2cccn2)c(OC)n1. The summed E-state index contributed by atoms with van der Waals surface area (Å²) in [5, 5.41) is 4.24. The van der Waals surface area contributed by atoms with Gasteiger partial charge in [0.1, 0.15) is 11.4 Å². The molecule has 0 spiro atoms. The Bertz CT molecular complexity index is 1200. The van der Waals surface area contributed by atoms with Crippen LogP contribution in [0.25, 0.3) is 0 Å². The summed E-state index contributed by atoms with van der Waals surface area (Å²) in [7, 11) is 0.161. The first-order valence-corrected chi connectivity index (χ1v) is 10.8. The zero-order valence-corrected chi connectivity index (χ0v) is 18.5. The van der Waals surface area contributed by atoms with Crippen LogP contribution < -0.4 is 18.9 Å². The van der Waals surface area contributed by atoms with Crippen molar-refractivity contribution < 1.29 is 23.2 Å². The number of nitrogens with zero attached hydrogens (tertiary/aromatic N) is 3. The van der Waals surface area contributed by atoms with E-state index in [1.807, 2.05) is 0 Å². The highest BCUT2D eigenvalue weighted by atomic mass is 35.5. The Labute approximate surface area is 184 Å². The lowest BCUT2D eigenvalue weighted by Gasteiger charge is -2.17. The molecule has 0 unspecified atom stereocenters. The Balaban J connectivity index is 1.92. The molecule has 164 valence electrons. The van der Waals surface area contributed by atoms with Gasteiger partial charge in [-0.15, -0.1) is 0 Å². The number of ether oxygens (including phenoxy) is 3. The number of benzene rings is 1. The predicted octanol–water partition coefficient (Wildman–Crippen LogP) is 2.76. The van der Waals surface area contributed by atoms with E-state index >= 15 is 0 Å². The molecule has 0 saturated carbocycles. The molecule has 3 aromatic rings. The van der Waals surface area contributed by atoms with Gasteiger partial charge in [0.2, 0.25) is 5.88 Å². The smallest absolute Gasteiger partial charge is 0.282 e. The second-order valence-corrected chi connectivity index (χ2v) is 8.30. The van der Waals surface area contributed by atoms with Gasteiger partial charge in [-0.3, -0.25) is 14.2 Å². The maximum Gasteiger partial charge on any atom is 0.282 e. The highest BCUT2D eigenvalue weighted by Crippen LogP contribution is 2.39. The van der Waals surface area contributed by atoms with E-state index in [0.717, 1.165) is 0 Å². The second-order valence-electron chi connectivity index (χ2n) is 6.17. The van der Waals surface area contributed by atoms with Crippen molar-refractivity contribution in [3.8, 4) is 17.4 Å². The predicted molar refractivity (Wildman–Crippen MR) is 113 cm³/mol. The van der Waals surface area contributed by atoms with Crippen LogP contribution in [0.3, 0.4) is 0 Å². The summed E-state index contributed by atoms with van der Waals surface area (Å²) < 4.78 is 41.0. The minimum Gasteiger partial charge on any atom is -0.495 e. The molecule has 0 aliphatic carbocycles. The van der Waals surface area contributed by atoms with E-state index < -0.39 is 15.8 Å². The summed E-state index contributed by atoms with van der Waals surface area (Å²) >= 11 is 6.10. The molecule has 1 amide bonds. The van der Waals surface area contributed by atoms with Crippen LogP contribution in [0, 0.1) is 4.78 Å². The average Bonchev–Trinajstić information content (AvgIpc) is 3.26. The van der Waals surface area contributed by atoms with E-state index in [1.165, 1.54) is 39.5 Å². The molecule has 3 rings (SSSR count). The third-order valence-corrected chi connectivity index (χ3v) is 5.96. The molecular formula is C19H20ClN5O5S. The Hall–Kier alpha value is -3.31. The van der Waals surface area contributed by atoms with Crippen molar-refractivity contribution in [2.24, 2.45) is 0 Å². The molecule has 2 heterocycles. The number of hydrogen-bond donors (Lipinski definition) is 2. The Morgan fingerprint density at radius 1 is 1.19 bits per heavy atom. The summed E-state index contributed by atoms with van der Waals surface area (Å²) in [6, 6.07) is 7.79. The minimum absolute atomic E-state index is 0.0265. The molecule has 0 aliphatic rings. The highest BCUT2D eigenvalue weighted by molar-refractivity contribution is 7.91. The lowest BCUT2D eigenvalue weighted by molar-refractivity contribution is 0.0976. The molecule has 31 heavy (non-hydrogen) atoms. The maximum absolute atomic E-state index is 13.2. The van der Waals surface area contributed by atoms with Crippen molar-refractivity contribution in [3.63, 3.8) is 0 Å². The van der Waals surface area contributed by atoms with Crippen LogP contribution in [0.1, 0.15) is 16.1 Å². The average molecular weight is 466 g/mol. The van der Waals surface area contributed by atoms with Crippen LogP contribution in [0.15, 0.2) is 47.6 Å². The fourth-order valence-corrected chi connectivity index (χ4v) is 4.49. The van der Waals surface area contributed by atoms with Crippen LogP contribution in [0.2, 0.25) is 5.02 Å². The van der Waals surface area contributed by atoms with Gasteiger partial charge in [-0.25, -0.2) is 14.0 Å². The van der Waals surface area contributed by atoms with E-state index in [1.54, 1.807) is 29.2 Å². The van der Waals surface area contributed by atoms with Gasteiger partial charge in [0.25, 0.3) is 5.91 Å². The van der Waals surface area contributed by atoms with Crippen molar-refractivity contribution in [1.29, 1.82) is 4.78 Å². The van der Waals surface area contributed by atoms with E-state index in [9.17, 15) is 9.00 Å². The number of methoxy groups -OCH3 is 3. The van der Waals surface area contributed by atoms with Crippen LogP contribution in [0.5, 0.6) is 17.4 Å². The van der Waals surface area contributed by atoms with Gasteiger partial charge in [0.05, 0.1) is 32.9 Å². The highest BCUT2D eigenvalue weighted by Gasteiger charge is 2.27. The van der Waals surface area contributed by atoms with Gasteiger partial charge in [-0.1, -0.05) is 11.6 Å². The van der Waals surface area contributed by atoms with Crippen molar-refractivity contribution in [1.82, 2.24) is 19.5 Å². The van der Waals surface area contributed by atoms with Crippen LogP contribution in [0.4, 0.5) is 0 Å². The number of hydrogen-bond acceptors (Lipinski definition) is 8. The van der Waals surface area contributed by atoms with Crippen LogP contribution in [-0.4, -0.2) is 46.2 Å². The molecule has 12 heteroatoms. The summed E-state index contributed by atoms with van der Waals surface area (Å²) in [5.74, 6) is -0.575. The summed E-state index contributed by atoms with van der Waals surface area (Å²) in [4.78, 5) is 16.8. The molecule has 0 saturated heterocycles. The molecule has 1 atom stereocenters. The van der Waals surface area contributed by atoms with Crippen molar-refractivity contribution in [3.05, 3.63) is 59.0 Å². The first-order chi connectivity index (χ1) is 14.8.